The molecule has 1 aromatic rings. The number of rotatable bonds is 5. The second-order valence-electron chi connectivity index (χ2n) is 3.99. The zero-order valence-corrected chi connectivity index (χ0v) is 9.75. The van der Waals surface area contributed by atoms with Crippen LogP contribution in [0.15, 0.2) is 12.1 Å². The molecule has 0 spiro atoms. The average molecular weight is 208 g/mol. The third-order valence-corrected chi connectivity index (χ3v) is 2.43. The van der Waals surface area contributed by atoms with Gasteiger partial charge in [0.2, 0.25) is 0 Å². The molecule has 0 radical (unpaired) electrons. The topological polar surface area (TPSA) is 45.2 Å². The van der Waals surface area contributed by atoms with Crippen molar-refractivity contribution in [2.45, 2.75) is 46.2 Å². The van der Waals surface area contributed by atoms with Crippen LogP contribution in [0.1, 0.15) is 38.1 Å². The number of aryl methyl sites for hydroxylation is 1. The maximum Gasteiger partial charge on any atom is 0.138 e. The molecule has 0 saturated carbocycles. The molecular formula is C12H20N2O. The van der Waals surface area contributed by atoms with E-state index in [9.17, 15) is 5.11 Å². The van der Waals surface area contributed by atoms with E-state index < -0.39 is 0 Å². The summed E-state index contributed by atoms with van der Waals surface area (Å²) in [5.74, 6) is 0.275. The Hall–Kier alpha value is -1.09. The molecule has 1 rings (SSSR count). The van der Waals surface area contributed by atoms with Gasteiger partial charge < -0.3 is 10.4 Å². The van der Waals surface area contributed by atoms with E-state index >= 15 is 0 Å². The summed E-state index contributed by atoms with van der Waals surface area (Å²) in [5, 5.41) is 12.9. The Labute approximate surface area is 91.5 Å². The van der Waals surface area contributed by atoms with E-state index in [1.54, 1.807) is 6.07 Å². The molecule has 0 fully saturated rings. The number of aromatic nitrogens is 1. The van der Waals surface area contributed by atoms with Crippen molar-refractivity contribution in [2.75, 3.05) is 0 Å². The van der Waals surface area contributed by atoms with Crippen LogP contribution in [0, 0.1) is 6.92 Å². The average Bonchev–Trinajstić information content (AvgIpc) is 2.20. The first-order valence-electron chi connectivity index (χ1n) is 5.52. The van der Waals surface area contributed by atoms with E-state index in [1.807, 2.05) is 13.0 Å². The lowest BCUT2D eigenvalue weighted by Crippen LogP contribution is -2.25. The van der Waals surface area contributed by atoms with Gasteiger partial charge in [0.1, 0.15) is 5.75 Å². The SMILES string of the molecule is CCCC(C)NCc1nc(C)ccc1O. The zero-order chi connectivity index (χ0) is 11.3. The highest BCUT2D eigenvalue weighted by Gasteiger charge is 2.05. The summed E-state index contributed by atoms with van der Waals surface area (Å²) in [6.07, 6.45) is 2.31. The summed E-state index contributed by atoms with van der Waals surface area (Å²) in [6, 6.07) is 3.98. The molecule has 0 amide bonds. The Morgan fingerprint density at radius 1 is 1.47 bits per heavy atom. The standard InChI is InChI=1S/C12H20N2O/c1-4-5-9(2)13-8-11-12(15)7-6-10(3)14-11/h6-7,9,13,15H,4-5,8H2,1-3H3. The lowest BCUT2D eigenvalue weighted by atomic mass is 10.2. The van der Waals surface area contributed by atoms with Gasteiger partial charge in [-0.3, -0.25) is 4.98 Å². The quantitative estimate of drug-likeness (QED) is 0.781. The number of pyridine rings is 1. The minimum absolute atomic E-state index is 0.275. The van der Waals surface area contributed by atoms with Crippen LogP contribution in [-0.2, 0) is 6.54 Å². The maximum absolute atomic E-state index is 9.58. The number of hydrogen-bond donors (Lipinski definition) is 2. The molecule has 1 unspecified atom stereocenters. The Balaban J connectivity index is 2.53. The van der Waals surface area contributed by atoms with Crippen LogP contribution < -0.4 is 5.32 Å². The van der Waals surface area contributed by atoms with E-state index in [0.29, 0.717) is 12.6 Å². The number of nitrogens with zero attached hydrogens (tertiary/aromatic N) is 1. The van der Waals surface area contributed by atoms with Crippen LogP contribution in [0.25, 0.3) is 0 Å². The van der Waals surface area contributed by atoms with E-state index in [2.05, 4.69) is 24.1 Å². The molecule has 84 valence electrons. The molecule has 0 bridgehead atoms. The molecular weight excluding hydrogens is 188 g/mol. The molecule has 0 aliphatic heterocycles. The van der Waals surface area contributed by atoms with Crippen molar-refractivity contribution in [3.8, 4) is 5.75 Å². The van der Waals surface area contributed by atoms with E-state index in [4.69, 9.17) is 0 Å². The zero-order valence-electron chi connectivity index (χ0n) is 9.75. The Morgan fingerprint density at radius 3 is 2.87 bits per heavy atom. The van der Waals surface area contributed by atoms with Gasteiger partial charge in [-0.05, 0) is 32.4 Å². The molecule has 1 aromatic heterocycles. The summed E-state index contributed by atoms with van der Waals surface area (Å²) in [4.78, 5) is 4.29. The summed E-state index contributed by atoms with van der Waals surface area (Å²) in [5.41, 5.74) is 1.67. The first-order valence-corrected chi connectivity index (χ1v) is 5.52. The molecule has 2 N–H and O–H groups in total. The van der Waals surface area contributed by atoms with Crippen molar-refractivity contribution in [3.05, 3.63) is 23.5 Å². The van der Waals surface area contributed by atoms with Gasteiger partial charge in [-0.1, -0.05) is 13.3 Å². The van der Waals surface area contributed by atoms with Gasteiger partial charge >= 0.3 is 0 Å². The van der Waals surface area contributed by atoms with Gasteiger partial charge in [-0.15, -0.1) is 0 Å². The van der Waals surface area contributed by atoms with Crippen molar-refractivity contribution in [3.63, 3.8) is 0 Å². The van der Waals surface area contributed by atoms with Crippen LogP contribution in [0.3, 0.4) is 0 Å². The maximum atomic E-state index is 9.58. The van der Waals surface area contributed by atoms with Crippen molar-refractivity contribution >= 4 is 0 Å². The van der Waals surface area contributed by atoms with Crippen LogP contribution in [0.2, 0.25) is 0 Å². The smallest absolute Gasteiger partial charge is 0.138 e. The number of nitrogens with one attached hydrogen (secondary N) is 1. The Kier molecular flexibility index (Phi) is 4.56. The molecule has 0 aromatic carbocycles. The van der Waals surface area contributed by atoms with Gasteiger partial charge in [0.05, 0.1) is 5.69 Å². The van der Waals surface area contributed by atoms with Crippen molar-refractivity contribution in [2.24, 2.45) is 0 Å². The molecule has 1 heterocycles. The fraction of sp³-hybridized carbons (Fsp3) is 0.583. The monoisotopic (exact) mass is 208 g/mol. The van der Waals surface area contributed by atoms with Crippen LogP contribution >= 0.6 is 0 Å². The number of aromatic hydroxyl groups is 1. The van der Waals surface area contributed by atoms with Gasteiger partial charge in [0.15, 0.2) is 0 Å². The highest BCUT2D eigenvalue weighted by atomic mass is 16.3. The second kappa shape index (κ2) is 5.71. The molecule has 3 heteroatoms. The molecule has 15 heavy (non-hydrogen) atoms. The van der Waals surface area contributed by atoms with Crippen molar-refractivity contribution in [1.29, 1.82) is 0 Å². The summed E-state index contributed by atoms with van der Waals surface area (Å²) < 4.78 is 0. The normalized spacial score (nSPS) is 12.7. The summed E-state index contributed by atoms with van der Waals surface area (Å²) in [7, 11) is 0. The van der Waals surface area contributed by atoms with Gasteiger partial charge in [0.25, 0.3) is 0 Å². The molecule has 1 atom stereocenters. The van der Waals surface area contributed by atoms with Crippen LogP contribution in [-0.4, -0.2) is 16.1 Å². The van der Waals surface area contributed by atoms with E-state index in [-0.39, 0.29) is 5.75 Å². The van der Waals surface area contributed by atoms with E-state index in [0.717, 1.165) is 17.8 Å². The third kappa shape index (κ3) is 3.88. The molecule has 0 saturated heterocycles. The minimum atomic E-state index is 0.275. The summed E-state index contributed by atoms with van der Waals surface area (Å²) in [6.45, 7) is 6.88. The van der Waals surface area contributed by atoms with Crippen molar-refractivity contribution in [1.82, 2.24) is 10.3 Å². The lowest BCUT2D eigenvalue weighted by Gasteiger charge is -2.13. The van der Waals surface area contributed by atoms with Gasteiger partial charge in [-0.25, -0.2) is 0 Å². The second-order valence-corrected chi connectivity index (χ2v) is 3.99. The molecule has 0 aliphatic carbocycles. The molecule has 3 nitrogen and oxygen atoms in total. The largest absolute Gasteiger partial charge is 0.506 e. The van der Waals surface area contributed by atoms with Crippen LogP contribution in [0.5, 0.6) is 5.75 Å². The first kappa shape index (κ1) is 12.0. The predicted octanol–water partition coefficient (Wildman–Crippen LogP) is 2.37. The molecule has 0 aliphatic rings. The lowest BCUT2D eigenvalue weighted by molar-refractivity contribution is 0.447. The van der Waals surface area contributed by atoms with Gasteiger partial charge in [-0.2, -0.15) is 0 Å². The van der Waals surface area contributed by atoms with E-state index in [1.165, 1.54) is 6.42 Å². The van der Waals surface area contributed by atoms with Gasteiger partial charge in [0, 0.05) is 18.3 Å². The predicted molar refractivity (Wildman–Crippen MR) is 61.8 cm³/mol. The Morgan fingerprint density at radius 2 is 2.20 bits per heavy atom. The third-order valence-electron chi connectivity index (χ3n) is 2.43. The summed E-state index contributed by atoms with van der Waals surface area (Å²) >= 11 is 0. The fourth-order valence-electron chi connectivity index (χ4n) is 1.54. The first-order chi connectivity index (χ1) is 7.13. The minimum Gasteiger partial charge on any atom is -0.506 e. The fourth-order valence-corrected chi connectivity index (χ4v) is 1.54. The highest BCUT2D eigenvalue weighted by molar-refractivity contribution is 5.27. The van der Waals surface area contributed by atoms with Crippen molar-refractivity contribution < 1.29 is 5.11 Å². The number of hydrogen-bond acceptors (Lipinski definition) is 3. The Bertz CT molecular complexity index is 312. The highest BCUT2D eigenvalue weighted by Crippen LogP contribution is 2.14. The van der Waals surface area contributed by atoms with Crippen LogP contribution in [0.4, 0.5) is 0 Å².